The lowest BCUT2D eigenvalue weighted by Gasteiger charge is -2.28. The molecule has 0 amide bonds. The summed E-state index contributed by atoms with van der Waals surface area (Å²) in [5.41, 5.74) is -0.291. The van der Waals surface area contributed by atoms with Crippen LogP contribution in [0.5, 0.6) is 0 Å². The molecule has 2 nitrogen and oxygen atoms in total. The summed E-state index contributed by atoms with van der Waals surface area (Å²) in [7, 11) is 1.53. The molecule has 0 aliphatic heterocycles. The second-order valence-corrected chi connectivity index (χ2v) is 4.65. The number of ketones is 1. The minimum Gasteiger partial charge on any atom is -0.370 e. The van der Waals surface area contributed by atoms with Crippen molar-refractivity contribution in [1.29, 1.82) is 0 Å². The number of benzene rings is 1. The second-order valence-electron chi connectivity index (χ2n) is 4.24. The second kappa shape index (κ2) is 6.30. The van der Waals surface area contributed by atoms with Crippen molar-refractivity contribution in [3.63, 3.8) is 0 Å². The van der Waals surface area contributed by atoms with E-state index in [1.807, 2.05) is 13.8 Å². The number of hydrogen-bond donors (Lipinski definition) is 0. The lowest BCUT2D eigenvalue weighted by atomic mass is 9.88. The van der Waals surface area contributed by atoms with Crippen LogP contribution in [0.15, 0.2) is 18.2 Å². The molecular weight excluding hydrogens is 255 g/mol. The van der Waals surface area contributed by atoms with E-state index in [9.17, 15) is 9.18 Å². The lowest BCUT2D eigenvalue weighted by molar-refractivity contribution is -0.141. The summed E-state index contributed by atoms with van der Waals surface area (Å²) in [6.07, 6.45) is 1.27. The summed E-state index contributed by atoms with van der Waals surface area (Å²) < 4.78 is 18.5. The van der Waals surface area contributed by atoms with Gasteiger partial charge in [0.05, 0.1) is 0 Å². The van der Waals surface area contributed by atoms with Crippen LogP contribution < -0.4 is 0 Å². The first-order valence-electron chi connectivity index (χ1n) is 6.01. The Kier molecular flexibility index (Phi) is 5.29. The number of carbonyl (C=O) groups excluding carboxylic acids is 1. The van der Waals surface area contributed by atoms with Gasteiger partial charge in [-0.1, -0.05) is 25.4 Å². The van der Waals surface area contributed by atoms with E-state index in [-0.39, 0.29) is 12.2 Å². The number of methoxy groups -OCH3 is 1. The standard InChI is InChI=1S/C14H18ClFO2/c1-4-14(5-2,18-3)13(17)9-10-8-11(16)6-7-12(10)15/h6-8H,4-5,9H2,1-3H3. The topological polar surface area (TPSA) is 26.3 Å². The Bertz CT molecular complexity index is 420. The van der Waals surface area contributed by atoms with Crippen LogP contribution in [0.4, 0.5) is 4.39 Å². The number of Topliss-reactive ketones (excluding diaryl/α,β-unsaturated/α-hetero) is 1. The first kappa shape index (κ1) is 15.1. The molecule has 0 aromatic heterocycles. The number of halogens is 2. The quantitative estimate of drug-likeness (QED) is 0.787. The number of carbonyl (C=O) groups is 1. The highest BCUT2D eigenvalue weighted by molar-refractivity contribution is 6.31. The molecule has 0 N–H and O–H groups in total. The molecule has 1 rings (SSSR count). The van der Waals surface area contributed by atoms with Gasteiger partial charge in [0.2, 0.25) is 0 Å². The Morgan fingerprint density at radius 3 is 2.50 bits per heavy atom. The van der Waals surface area contributed by atoms with Crippen molar-refractivity contribution in [1.82, 2.24) is 0 Å². The van der Waals surface area contributed by atoms with E-state index in [1.54, 1.807) is 0 Å². The SMILES string of the molecule is CCC(CC)(OC)C(=O)Cc1cc(F)ccc1Cl. The average molecular weight is 273 g/mol. The first-order valence-corrected chi connectivity index (χ1v) is 6.39. The molecule has 0 saturated carbocycles. The Morgan fingerprint density at radius 2 is 2.00 bits per heavy atom. The van der Waals surface area contributed by atoms with Gasteiger partial charge >= 0.3 is 0 Å². The van der Waals surface area contributed by atoms with Crippen molar-refractivity contribution in [3.8, 4) is 0 Å². The monoisotopic (exact) mass is 272 g/mol. The predicted molar refractivity (Wildman–Crippen MR) is 70.4 cm³/mol. The van der Waals surface area contributed by atoms with E-state index >= 15 is 0 Å². The van der Waals surface area contributed by atoms with E-state index in [2.05, 4.69) is 0 Å². The largest absolute Gasteiger partial charge is 0.370 e. The molecule has 0 saturated heterocycles. The summed E-state index contributed by atoms with van der Waals surface area (Å²) in [5, 5.41) is 0.405. The third-order valence-corrected chi connectivity index (χ3v) is 3.77. The van der Waals surface area contributed by atoms with E-state index in [0.717, 1.165) is 0 Å². The molecule has 1 aromatic rings. The van der Waals surface area contributed by atoms with Gasteiger partial charge in [0, 0.05) is 18.6 Å². The molecular formula is C14H18ClFO2. The summed E-state index contributed by atoms with van der Waals surface area (Å²) in [6, 6.07) is 4.04. The number of ether oxygens (including phenoxy) is 1. The van der Waals surface area contributed by atoms with Gasteiger partial charge in [0.15, 0.2) is 5.78 Å². The summed E-state index contributed by atoms with van der Waals surface area (Å²) >= 11 is 5.96. The Hall–Kier alpha value is -0.930. The smallest absolute Gasteiger partial charge is 0.168 e. The van der Waals surface area contributed by atoms with Gasteiger partial charge in [-0.2, -0.15) is 0 Å². The Balaban J connectivity index is 2.96. The van der Waals surface area contributed by atoms with Crippen LogP contribution in [-0.2, 0) is 16.0 Å². The van der Waals surface area contributed by atoms with Gasteiger partial charge in [-0.25, -0.2) is 4.39 Å². The zero-order chi connectivity index (χ0) is 13.8. The number of hydrogen-bond acceptors (Lipinski definition) is 2. The fourth-order valence-corrected chi connectivity index (χ4v) is 2.24. The zero-order valence-electron chi connectivity index (χ0n) is 10.9. The molecule has 0 unspecified atom stereocenters. The molecule has 0 radical (unpaired) electrons. The maximum absolute atomic E-state index is 13.1. The third-order valence-electron chi connectivity index (χ3n) is 3.40. The minimum absolute atomic E-state index is 0.0671. The lowest BCUT2D eigenvalue weighted by Crippen LogP contribution is -2.40. The van der Waals surface area contributed by atoms with Crippen LogP contribution in [0.25, 0.3) is 0 Å². The van der Waals surface area contributed by atoms with Gasteiger partial charge in [-0.3, -0.25) is 4.79 Å². The van der Waals surface area contributed by atoms with Crippen molar-refractivity contribution in [2.45, 2.75) is 38.7 Å². The van der Waals surface area contributed by atoms with Crippen molar-refractivity contribution in [2.75, 3.05) is 7.11 Å². The van der Waals surface area contributed by atoms with Crippen LogP contribution >= 0.6 is 11.6 Å². The number of rotatable bonds is 6. The predicted octanol–water partition coefficient (Wildman–Crippen LogP) is 3.80. The van der Waals surface area contributed by atoms with Crippen LogP contribution in [0.2, 0.25) is 5.02 Å². The Labute approximate surface area is 112 Å². The van der Waals surface area contributed by atoms with E-state index in [1.165, 1.54) is 25.3 Å². The van der Waals surface area contributed by atoms with Crippen molar-refractivity contribution in [2.24, 2.45) is 0 Å². The molecule has 0 heterocycles. The normalized spacial score (nSPS) is 11.6. The highest BCUT2D eigenvalue weighted by Crippen LogP contribution is 2.25. The molecule has 100 valence electrons. The molecule has 0 fully saturated rings. The van der Waals surface area contributed by atoms with Crippen LogP contribution in [0.3, 0.4) is 0 Å². The summed E-state index contributed by atoms with van der Waals surface area (Å²) in [4.78, 5) is 12.3. The molecule has 0 atom stereocenters. The van der Waals surface area contributed by atoms with E-state index in [0.29, 0.717) is 23.4 Å². The molecule has 1 aromatic carbocycles. The molecule has 0 aliphatic rings. The van der Waals surface area contributed by atoms with Gasteiger partial charge in [-0.05, 0) is 36.6 Å². The van der Waals surface area contributed by atoms with Gasteiger partial charge in [-0.15, -0.1) is 0 Å². The maximum atomic E-state index is 13.1. The molecule has 0 bridgehead atoms. The first-order chi connectivity index (χ1) is 8.49. The van der Waals surface area contributed by atoms with Crippen molar-refractivity contribution in [3.05, 3.63) is 34.6 Å². The van der Waals surface area contributed by atoms with Crippen molar-refractivity contribution < 1.29 is 13.9 Å². The Morgan fingerprint density at radius 1 is 1.39 bits per heavy atom. The van der Waals surface area contributed by atoms with E-state index in [4.69, 9.17) is 16.3 Å². The van der Waals surface area contributed by atoms with Gasteiger partial charge < -0.3 is 4.74 Å². The highest BCUT2D eigenvalue weighted by Gasteiger charge is 2.34. The zero-order valence-corrected chi connectivity index (χ0v) is 11.7. The van der Waals surface area contributed by atoms with Crippen LogP contribution in [0.1, 0.15) is 32.3 Å². The average Bonchev–Trinajstić information content (AvgIpc) is 2.37. The van der Waals surface area contributed by atoms with E-state index < -0.39 is 11.4 Å². The van der Waals surface area contributed by atoms with Gasteiger partial charge in [0.1, 0.15) is 11.4 Å². The fraction of sp³-hybridized carbons (Fsp3) is 0.500. The fourth-order valence-electron chi connectivity index (χ4n) is 2.06. The van der Waals surface area contributed by atoms with Crippen molar-refractivity contribution >= 4 is 17.4 Å². The third kappa shape index (κ3) is 3.09. The molecule has 0 spiro atoms. The van der Waals surface area contributed by atoms with Gasteiger partial charge in [0.25, 0.3) is 0 Å². The van der Waals surface area contributed by atoms with Crippen LogP contribution in [-0.4, -0.2) is 18.5 Å². The summed E-state index contributed by atoms with van der Waals surface area (Å²) in [5.74, 6) is -0.458. The molecule has 18 heavy (non-hydrogen) atoms. The highest BCUT2D eigenvalue weighted by atomic mass is 35.5. The minimum atomic E-state index is -0.796. The molecule has 4 heteroatoms. The van der Waals surface area contributed by atoms with Crippen LogP contribution in [0, 0.1) is 5.82 Å². The molecule has 0 aliphatic carbocycles. The summed E-state index contributed by atoms with van der Waals surface area (Å²) in [6.45, 7) is 3.80. The maximum Gasteiger partial charge on any atom is 0.168 e.